The van der Waals surface area contributed by atoms with E-state index < -0.39 is 17.0 Å². The molecule has 2 aromatic carbocycles. The van der Waals surface area contributed by atoms with Crippen molar-refractivity contribution in [1.82, 2.24) is 4.90 Å². The summed E-state index contributed by atoms with van der Waals surface area (Å²) in [6.07, 6.45) is 2.28. The summed E-state index contributed by atoms with van der Waals surface area (Å²) in [7, 11) is 1.60. The molecule has 1 fully saturated rings. The lowest BCUT2D eigenvalue weighted by molar-refractivity contribution is 0.137. The molecule has 3 rings (SSSR count). The van der Waals surface area contributed by atoms with Crippen molar-refractivity contribution in [1.29, 1.82) is 5.26 Å². The Morgan fingerprint density at radius 3 is 2.50 bits per heavy atom. The minimum absolute atomic E-state index is 0.0425. The van der Waals surface area contributed by atoms with Crippen LogP contribution in [0, 0.1) is 28.9 Å². The molecule has 0 radical (unpaired) electrons. The zero-order valence-corrected chi connectivity index (χ0v) is 17.3. The summed E-state index contributed by atoms with van der Waals surface area (Å²) in [4.78, 5) is 6.34. The van der Waals surface area contributed by atoms with E-state index in [4.69, 9.17) is 5.73 Å². The van der Waals surface area contributed by atoms with E-state index in [-0.39, 0.29) is 11.5 Å². The van der Waals surface area contributed by atoms with Gasteiger partial charge in [-0.3, -0.25) is 9.89 Å². The Morgan fingerprint density at radius 1 is 1.20 bits per heavy atom. The van der Waals surface area contributed by atoms with E-state index in [1.54, 1.807) is 7.05 Å². The van der Waals surface area contributed by atoms with Crippen LogP contribution in [0.5, 0.6) is 0 Å². The first kappa shape index (κ1) is 21.9. The lowest BCUT2D eigenvalue weighted by Crippen LogP contribution is -2.43. The van der Waals surface area contributed by atoms with Gasteiger partial charge < -0.3 is 5.73 Å². The average molecular weight is 411 g/mol. The molecule has 0 spiro atoms. The van der Waals surface area contributed by atoms with E-state index >= 15 is 0 Å². The molecule has 2 N–H and O–H groups in total. The normalized spacial score (nSPS) is 18.0. The first-order chi connectivity index (χ1) is 14.5. The Labute approximate surface area is 177 Å². The van der Waals surface area contributed by atoms with Crippen molar-refractivity contribution in [3.8, 4) is 6.07 Å². The van der Waals surface area contributed by atoms with Gasteiger partial charge in [0.2, 0.25) is 0 Å². The number of nitriles is 1. The first-order valence-electron chi connectivity index (χ1n) is 10.3. The summed E-state index contributed by atoms with van der Waals surface area (Å²) in [6, 6.07) is 16.2. The summed E-state index contributed by atoms with van der Waals surface area (Å²) in [5, 5.41) is 10.3. The van der Waals surface area contributed by atoms with Gasteiger partial charge in [-0.1, -0.05) is 36.4 Å². The van der Waals surface area contributed by atoms with Gasteiger partial charge in [-0.15, -0.1) is 0 Å². The Balaban J connectivity index is 1.83. The number of hydrogen-bond acceptors (Lipinski definition) is 3. The summed E-state index contributed by atoms with van der Waals surface area (Å²) in [6.45, 7) is 2.50. The zero-order chi connectivity index (χ0) is 21.6. The molecule has 1 unspecified atom stereocenters. The molecule has 0 aliphatic carbocycles. The first-order valence-corrected chi connectivity index (χ1v) is 10.3. The molecule has 1 aliphatic heterocycles. The summed E-state index contributed by atoms with van der Waals surface area (Å²) in [5.41, 5.74) is 6.34. The summed E-state index contributed by atoms with van der Waals surface area (Å²) >= 11 is 0. The second-order valence-electron chi connectivity index (χ2n) is 7.96. The van der Waals surface area contributed by atoms with Gasteiger partial charge in [0.05, 0.1) is 17.3 Å². The highest BCUT2D eigenvalue weighted by Crippen LogP contribution is 2.43. The quantitative estimate of drug-likeness (QED) is 0.543. The largest absolute Gasteiger partial charge is 0.387 e. The molecule has 1 saturated heterocycles. The third kappa shape index (κ3) is 4.85. The van der Waals surface area contributed by atoms with Crippen LogP contribution in [0.15, 0.2) is 53.5 Å². The standard InChI is InChI=1S/C24H28F2N4/c1-29-23(28)9-12-24(17-27,21-8-7-20(25)15-22(21)26)19-10-13-30(14-11-19)16-18-5-3-2-4-6-18/h2-8,15,19H,9-14,16H2,1H3,(H2,28,29). The number of aliphatic imine (C=N–C) groups is 1. The van der Waals surface area contributed by atoms with Crippen LogP contribution in [0.3, 0.4) is 0 Å². The molecule has 0 amide bonds. The van der Waals surface area contributed by atoms with Crippen LogP contribution < -0.4 is 5.73 Å². The number of hydrogen-bond donors (Lipinski definition) is 1. The van der Waals surface area contributed by atoms with Gasteiger partial charge >= 0.3 is 0 Å². The molecule has 4 nitrogen and oxygen atoms in total. The number of halogens is 2. The smallest absolute Gasteiger partial charge is 0.130 e. The minimum atomic E-state index is -1.06. The van der Waals surface area contributed by atoms with E-state index in [9.17, 15) is 14.0 Å². The van der Waals surface area contributed by atoms with Gasteiger partial charge in [0.25, 0.3) is 0 Å². The van der Waals surface area contributed by atoms with E-state index in [0.717, 1.165) is 38.5 Å². The maximum Gasteiger partial charge on any atom is 0.130 e. The van der Waals surface area contributed by atoms with Gasteiger partial charge in [0, 0.05) is 31.6 Å². The number of piperidine rings is 1. The minimum Gasteiger partial charge on any atom is -0.387 e. The van der Waals surface area contributed by atoms with Crippen LogP contribution in [0.1, 0.15) is 36.8 Å². The van der Waals surface area contributed by atoms with Crippen molar-refractivity contribution >= 4 is 5.84 Å². The summed E-state index contributed by atoms with van der Waals surface area (Å²) < 4.78 is 28.3. The molecule has 1 aliphatic rings. The fraction of sp³-hybridized carbons (Fsp3) is 0.417. The fourth-order valence-electron chi connectivity index (χ4n) is 4.48. The van der Waals surface area contributed by atoms with E-state index in [0.29, 0.717) is 18.7 Å². The van der Waals surface area contributed by atoms with Crippen molar-refractivity contribution in [2.45, 2.75) is 37.6 Å². The van der Waals surface area contributed by atoms with Crippen LogP contribution in [0.2, 0.25) is 0 Å². The van der Waals surface area contributed by atoms with Crippen molar-refractivity contribution in [2.24, 2.45) is 16.6 Å². The second-order valence-corrected chi connectivity index (χ2v) is 7.96. The highest BCUT2D eigenvalue weighted by Gasteiger charge is 2.43. The molecule has 2 aromatic rings. The lowest BCUT2D eigenvalue weighted by Gasteiger charge is -2.41. The predicted octanol–water partition coefficient (Wildman–Crippen LogP) is 4.41. The van der Waals surface area contributed by atoms with Gasteiger partial charge in [-0.25, -0.2) is 8.78 Å². The molecular formula is C24H28F2N4. The molecule has 158 valence electrons. The molecule has 1 heterocycles. The lowest BCUT2D eigenvalue weighted by atomic mass is 9.65. The molecule has 0 aromatic heterocycles. The number of rotatable bonds is 7. The molecule has 6 heteroatoms. The number of likely N-dealkylation sites (tertiary alicyclic amines) is 1. The Kier molecular flexibility index (Phi) is 7.17. The van der Waals surface area contributed by atoms with Crippen LogP contribution in [-0.2, 0) is 12.0 Å². The third-order valence-corrected chi connectivity index (χ3v) is 6.21. The van der Waals surface area contributed by atoms with Crippen molar-refractivity contribution in [3.05, 3.63) is 71.3 Å². The van der Waals surface area contributed by atoms with Crippen LogP contribution >= 0.6 is 0 Å². The van der Waals surface area contributed by atoms with Gasteiger partial charge in [0.1, 0.15) is 11.6 Å². The van der Waals surface area contributed by atoms with Gasteiger partial charge in [0.15, 0.2) is 0 Å². The van der Waals surface area contributed by atoms with Crippen LogP contribution in [0.25, 0.3) is 0 Å². The van der Waals surface area contributed by atoms with Crippen molar-refractivity contribution in [2.75, 3.05) is 20.1 Å². The maximum absolute atomic E-state index is 14.8. The number of amidine groups is 1. The number of nitrogens with zero attached hydrogens (tertiary/aromatic N) is 3. The highest BCUT2D eigenvalue weighted by molar-refractivity contribution is 5.80. The average Bonchev–Trinajstić information content (AvgIpc) is 2.76. The molecule has 30 heavy (non-hydrogen) atoms. The third-order valence-electron chi connectivity index (χ3n) is 6.21. The topological polar surface area (TPSA) is 65.4 Å². The van der Waals surface area contributed by atoms with Crippen molar-refractivity contribution in [3.63, 3.8) is 0 Å². The van der Waals surface area contributed by atoms with Crippen LogP contribution in [-0.4, -0.2) is 30.9 Å². The number of benzene rings is 2. The zero-order valence-electron chi connectivity index (χ0n) is 17.3. The second kappa shape index (κ2) is 9.82. The molecule has 0 bridgehead atoms. The van der Waals surface area contributed by atoms with E-state index in [1.807, 2.05) is 18.2 Å². The Hall–Kier alpha value is -2.78. The Morgan fingerprint density at radius 2 is 1.90 bits per heavy atom. The highest BCUT2D eigenvalue weighted by atomic mass is 19.1. The van der Waals surface area contributed by atoms with Crippen LogP contribution in [0.4, 0.5) is 8.78 Å². The Bertz CT molecular complexity index is 915. The summed E-state index contributed by atoms with van der Waals surface area (Å²) in [5.74, 6) is -0.927. The molecule has 0 saturated carbocycles. The van der Waals surface area contributed by atoms with Crippen molar-refractivity contribution < 1.29 is 8.78 Å². The van der Waals surface area contributed by atoms with E-state index in [1.165, 1.54) is 17.7 Å². The van der Waals surface area contributed by atoms with E-state index in [2.05, 4.69) is 28.1 Å². The number of nitrogens with two attached hydrogens (primary N) is 1. The molecule has 1 atom stereocenters. The SMILES string of the molecule is CN=C(N)CCC(C#N)(c1ccc(F)cc1F)C1CCN(Cc2ccccc2)CC1. The monoisotopic (exact) mass is 410 g/mol. The van der Waals surface area contributed by atoms with Gasteiger partial charge in [-0.2, -0.15) is 5.26 Å². The molecular weight excluding hydrogens is 382 g/mol. The maximum atomic E-state index is 14.8. The fourth-order valence-corrected chi connectivity index (χ4v) is 4.48. The predicted molar refractivity (Wildman–Crippen MR) is 115 cm³/mol. The van der Waals surface area contributed by atoms with Gasteiger partial charge in [-0.05, 0) is 49.9 Å².